The smallest absolute Gasteiger partial charge is 0.227 e. The maximum Gasteiger partial charge on any atom is 0.227 e. The number of nitrogens with one attached hydrogen (secondary N) is 2. The summed E-state index contributed by atoms with van der Waals surface area (Å²) in [4.78, 5) is 37.6. The second kappa shape index (κ2) is 7.55. The number of amides is 3. The molecule has 1 saturated carbocycles. The number of ether oxygens (including phenoxy) is 1. The molecule has 1 aromatic carbocycles. The lowest BCUT2D eigenvalue weighted by Crippen LogP contribution is -2.38. The molecule has 2 aliphatic rings. The highest BCUT2D eigenvalue weighted by Crippen LogP contribution is 2.28. The van der Waals surface area contributed by atoms with Crippen LogP contribution in [0.4, 0.5) is 5.69 Å². The minimum Gasteiger partial charge on any atom is -0.497 e. The van der Waals surface area contributed by atoms with E-state index >= 15 is 0 Å². The van der Waals surface area contributed by atoms with Crippen LogP contribution in [0, 0.1) is 11.8 Å². The summed E-state index contributed by atoms with van der Waals surface area (Å²) in [5, 5.41) is 5.60. The van der Waals surface area contributed by atoms with Gasteiger partial charge in [-0.3, -0.25) is 14.4 Å². The summed E-state index contributed by atoms with van der Waals surface area (Å²) >= 11 is 0. The van der Waals surface area contributed by atoms with Crippen LogP contribution in [0.15, 0.2) is 24.3 Å². The van der Waals surface area contributed by atoms with E-state index in [-0.39, 0.29) is 36.0 Å². The predicted molar refractivity (Wildman–Crippen MR) is 92.2 cm³/mol. The van der Waals surface area contributed by atoms with Crippen molar-refractivity contribution in [1.82, 2.24) is 10.6 Å². The molecule has 0 spiro atoms. The first-order chi connectivity index (χ1) is 12.1. The van der Waals surface area contributed by atoms with E-state index in [1.54, 1.807) is 24.1 Å². The minimum absolute atomic E-state index is 0.0626. The summed E-state index contributed by atoms with van der Waals surface area (Å²) in [6.45, 7) is 1.17. The van der Waals surface area contributed by atoms with Crippen molar-refractivity contribution in [3.8, 4) is 5.75 Å². The third-order valence-electron chi connectivity index (χ3n) is 4.55. The zero-order valence-electron chi connectivity index (χ0n) is 14.3. The molecule has 3 rings (SSSR count). The number of anilines is 1. The van der Waals surface area contributed by atoms with E-state index in [1.165, 1.54) is 0 Å². The zero-order valence-corrected chi connectivity index (χ0v) is 14.3. The van der Waals surface area contributed by atoms with Crippen molar-refractivity contribution < 1.29 is 19.1 Å². The highest BCUT2D eigenvalue weighted by molar-refractivity contribution is 6.00. The summed E-state index contributed by atoms with van der Waals surface area (Å²) in [7, 11) is 1.59. The molecule has 1 aliphatic heterocycles. The van der Waals surface area contributed by atoms with Crippen molar-refractivity contribution >= 4 is 23.4 Å². The Hall–Kier alpha value is -2.57. The second-order valence-electron chi connectivity index (χ2n) is 6.46. The average molecular weight is 345 g/mol. The minimum atomic E-state index is -0.367. The molecule has 1 aliphatic carbocycles. The zero-order chi connectivity index (χ0) is 17.8. The number of carbonyl (C=O) groups is 3. The van der Waals surface area contributed by atoms with Gasteiger partial charge in [0.2, 0.25) is 17.7 Å². The van der Waals surface area contributed by atoms with Gasteiger partial charge in [-0.15, -0.1) is 0 Å². The Bertz CT molecular complexity index is 655. The first kappa shape index (κ1) is 17.3. The first-order valence-electron chi connectivity index (χ1n) is 8.58. The van der Waals surface area contributed by atoms with Crippen LogP contribution in [0.3, 0.4) is 0 Å². The lowest BCUT2D eigenvalue weighted by Gasteiger charge is -2.17. The molecule has 3 amide bonds. The molecule has 2 N–H and O–H groups in total. The van der Waals surface area contributed by atoms with Crippen LogP contribution >= 0.6 is 0 Å². The van der Waals surface area contributed by atoms with Gasteiger partial charge >= 0.3 is 0 Å². The summed E-state index contributed by atoms with van der Waals surface area (Å²) < 4.78 is 5.11. The molecule has 1 unspecified atom stereocenters. The van der Waals surface area contributed by atoms with Crippen LogP contribution in [0.5, 0.6) is 5.75 Å². The van der Waals surface area contributed by atoms with E-state index in [0.717, 1.165) is 24.3 Å². The Kier molecular flexibility index (Phi) is 5.21. The largest absolute Gasteiger partial charge is 0.497 e. The summed E-state index contributed by atoms with van der Waals surface area (Å²) in [6.07, 6.45) is 2.12. The second-order valence-corrected chi connectivity index (χ2v) is 6.46. The summed E-state index contributed by atoms with van der Waals surface area (Å²) in [5.74, 6) is 0.376. The van der Waals surface area contributed by atoms with Crippen LogP contribution in [-0.2, 0) is 14.4 Å². The maximum atomic E-state index is 12.2. The lowest BCUT2D eigenvalue weighted by molar-refractivity contribution is -0.126. The molecule has 1 heterocycles. The molecule has 2 fully saturated rings. The van der Waals surface area contributed by atoms with Crippen LogP contribution in [0.25, 0.3) is 0 Å². The van der Waals surface area contributed by atoms with Crippen molar-refractivity contribution in [3.05, 3.63) is 24.3 Å². The maximum absolute atomic E-state index is 12.2. The van der Waals surface area contributed by atoms with Gasteiger partial charge in [0.05, 0.1) is 13.0 Å². The van der Waals surface area contributed by atoms with Gasteiger partial charge in [-0.05, 0) is 37.1 Å². The third kappa shape index (κ3) is 4.29. The Morgan fingerprint density at radius 1 is 1.08 bits per heavy atom. The molecule has 134 valence electrons. The van der Waals surface area contributed by atoms with Gasteiger partial charge in [0, 0.05) is 37.7 Å². The number of nitrogens with zero attached hydrogens (tertiary/aromatic N) is 1. The molecular formula is C18H23N3O4. The fourth-order valence-corrected chi connectivity index (χ4v) is 2.90. The number of carbonyl (C=O) groups excluding carboxylic acids is 3. The normalized spacial score (nSPS) is 19.6. The van der Waals surface area contributed by atoms with E-state index in [2.05, 4.69) is 10.6 Å². The van der Waals surface area contributed by atoms with Gasteiger partial charge < -0.3 is 20.3 Å². The highest BCUT2D eigenvalue weighted by atomic mass is 16.5. The fraction of sp³-hybridized carbons (Fsp3) is 0.500. The van der Waals surface area contributed by atoms with Crippen molar-refractivity contribution in [2.45, 2.75) is 19.3 Å². The molecule has 1 atom stereocenters. The molecule has 0 radical (unpaired) electrons. The summed E-state index contributed by atoms with van der Waals surface area (Å²) in [6, 6.07) is 7.20. The number of hydrogen-bond acceptors (Lipinski definition) is 4. The average Bonchev–Trinajstić information content (AvgIpc) is 3.41. The number of methoxy groups -OCH3 is 1. The molecule has 0 bridgehead atoms. The molecule has 7 nitrogen and oxygen atoms in total. The Morgan fingerprint density at radius 3 is 2.24 bits per heavy atom. The Labute approximate surface area is 146 Å². The molecule has 0 aromatic heterocycles. The van der Waals surface area contributed by atoms with E-state index < -0.39 is 0 Å². The fourth-order valence-electron chi connectivity index (χ4n) is 2.90. The number of benzene rings is 1. The number of rotatable bonds is 7. The van der Waals surface area contributed by atoms with Crippen molar-refractivity contribution in [2.75, 3.05) is 31.6 Å². The SMILES string of the molecule is COc1ccc(N2CC(C(=O)NCCNC(=O)C3CC3)CC2=O)cc1. The molecule has 25 heavy (non-hydrogen) atoms. The Morgan fingerprint density at radius 2 is 1.68 bits per heavy atom. The molecule has 1 saturated heterocycles. The van der Waals surface area contributed by atoms with Crippen LogP contribution in [-0.4, -0.2) is 44.5 Å². The van der Waals surface area contributed by atoms with Crippen molar-refractivity contribution in [3.63, 3.8) is 0 Å². The first-order valence-corrected chi connectivity index (χ1v) is 8.58. The van der Waals surface area contributed by atoms with Gasteiger partial charge in [-0.1, -0.05) is 0 Å². The van der Waals surface area contributed by atoms with E-state index in [0.29, 0.717) is 19.6 Å². The van der Waals surface area contributed by atoms with Gasteiger partial charge in [0.1, 0.15) is 5.75 Å². The van der Waals surface area contributed by atoms with E-state index in [4.69, 9.17) is 4.74 Å². The van der Waals surface area contributed by atoms with Crippen LogP contribution in [0.2, 0.25) is 0 Å². The molecule has 7 heteroatoms. The van der Waals surface area contributed by atoms with Crippen LogP contribution in [0.1, 0.15) is 19.3 Å². The molecule has 1 aromatic rings. The van der Waals surface area contributed by atoms with Gasteiger partial charge in [0.15, 0.2) is 0 Å². The topological polar surface area (TPSA) is 87.7 Å². The van der Waals surface area contributed by atoms with Gasteiger partial charge in [0.25, 0.3) is 0 Å². The predicted octanol–water partition coefficient (Wildman–Crippen LogP) is 0.690. The van der Waals surface area contributed by atoms with Gasteiger partial charge in [-0.25, -0.2) is 0 Å². The van der Waals surface area contributed by atoms with Crippen molar-refractivity contribution in [2.24, 2.45) is 11.8 Å². The monoisotopic (exact) mass is 345 g/mol. The van der Waals surface area contributed by atoms with E-state index in [9.17, 15) is 14.4 Å². The third-order valence-corrected chi connectivity index (χ3v) is 4.55. The Balaban J connectivity index is 1.45. The van der Waals surface area contributed by atoms with E-state index in [1.807, 2.05) is 12.1 Å². The quantitative estimate of drug-likeness (QED) is 0.712. The summed E-state index contributed by atoms with van der Waals surface area (Å²) in [5.41, 5.74) is 0.762. The highest BCUT2D eigenvalue weighted by Gasteiger charge is 2.35. The van der Waals surface area contributed by atoms with Crippen LogP contribution < -0.4 is 20.3 Å². The standard InChI is InChI=1S/C18H23N3O4/c1-25-15-6-4-14(5-7-15)21-11-13(10-16(21)22)18(24)20-9-8-19-17(23)12-2-3-12/h4-7,12-13H,2-3,8-11H2,1H3,(H,19,23)(H,20,24). The lowest BCUT2D eigenvalue weighted by atomic mass is 10.1. The van der Waals surface area contributed by atoms with Gasteiger partial charge in [-0.2, -0.15) is 0 Å². The van der Waals surface area contributed by atoms with Crippen molar-refractivity contribution in [1.29, 1.82) is 0 Å². The number of hydrogen-bond donors (Lipinski definition) is 2. The molecular weight excluding hydrogens is 322 g/mol.